The van der Waals surface area contributed by atoms with Crippen molar-refractivity contribution in [1.82, 2.24) is 10.3 Å². The van der Waals surface area contributed by atoms with Crippen molar-refractivity contribution in [2.45, 2.75) is 6.42 Å². The Morgan fingerprint density at radius 3 is 2.79 bits per heavy atom. The predicted molar refractivity (Wildman–Crippen MR) is 47.2 cm³/mol. The van der Waals surface area contributed by atoms with E-state index in [-0.39, 0.29) is 6.29 Å². The maximum absolute atomic E-state index is 13.0. The Morgan fingerprint density at radius 1 is 1.57 bits per heavy atom. The standard InChI is InChI=1S/C9H10F2N2O/c1-12-3-2-6-4-8(10)7(5-14)9(11)13-6/h4-5,12H,2-3H2,1H3. The summed E-state index contributed by atoms with van der Waals surface area (Å²) in [4.78, 5) is 13.7. The smallest absolute Gasteiger partial charge is 0.226 e. The Hall–Kier alpha value is -1.36. The van der Waals surface area contributed by atoms with Crippen molar-refractivity contribution < 1.29 is 13.6 Å². The molecule has 0 atom stereocenters. The Bertz CT molecular complexity index is 319. The van der Waals surface area contributed by atoms with E-state index in [2.05, 4.69) is 10.3 Å². The lowest BCUT2D eigenvalue weighted by molar-refractivity contribution is 0.111. The van der Waals surface area contributed by atoms with Crippen LogP contribution >= 0.6 is 0 Å². The molecule has 0 unspecified atom stereocenters. The van der Waals surface area contributed by atoms with Gasteiger partial charge in [0.1, 0.15) is 11.4 Å². The van der Waals surface area contributed by atoms with Gasteiger partial charge in [-0.3, -0.25) is 4.79 Å². The van der Waals surface area contributed by atoms with Crippen LogP contribution < -0.4 is 5.32 Å². The third-order valence-corrected chi connectivity index (χ3v) is 1.76. The number of aromatic nitrogens is 1. The molecule has 5 heteroatoms. The van der Waals surface area contributed by atoms with Crippen LogP contribution in [-0.4, -0.2) is 24.9 Å². The number of hydrogen-bond donors (Lipinski definition) is 1. The highest BCUT2D eigenvalue weighted by Crippen LogP contribution is 2.10. The van der Waals surface area contributed by atoms with Crippen LogP contribution in [-0.2, 0) is 6.42 Å². The number of halogens is 2. The lowest BCUT2D eigenvalue weighted by Gasteiger charge is -2.02. The highest BCUT2D eigenvalue weighted by Gasteiger charge is 2.11. The first-order valence-corrected chi connectivity index (χ1v) is 4.13. The summed E-state index contributed by atoms with van der Waals surface area (Å²) in [6, 6.07) is 1.07. The third kappa shape index (κ3) is 2.32. The van der Waals surface area contributed by atoms with Gasteiger partial charge in [-0.15, -0.1) is 0 Å². The average Bonchev–Trinajstić information content (AvgIpc) is 2.14. The first-order chi connectivity index (χ1) is 6.69. The summed E-state index contributed by atoms with van der Waals surface area (Å²) in [5, 5.41) is 2.83. The molecule has 0 aromatic carbocycles. The molecule has 0 aliphatic carbocycles. The fourth-order valence-electron chi connectivity index (χ4n) is 1.03. The Morgan fingerprint density at radius 2 is 2.29 bits per heavy atom. The van der Waals surface area contributed by atoms with Crippen LogP contribution in [0.1, 0.15) is 16.1 Å². The van der Waals surface area contributed by atoms with E-state index in [1.54, 1.807) is 7.05 Å². The molecule has 0 spiro atoms. The number of hydrogen-bond acceptors (Lipinski definition) is 3. The molecule has 14 heavy (non-hydrogen) atoms. The zero-order chi connectivity index (χ0) is 10.6. The highest BCUT2D eigenvalue weighted by atomic mass is 19.1. The summed E-state index contributed by atoms with van der Waals surface area (Å²) in [6.45, 7) is 0.576. The lowest BCUT2D eigenvalue weighted by Crippen LogP contribution is -2.12. The molecule has 3 nitrogen and oxygen atoms in total. The van der Waals surface area contributed by atoms with Crippen LogP contribution in [0.2, 0.25) is 0 Å². The van der Waals surface area contributed by atoms with Gasteiger partial charge in [0.25, 0.3) is 0 Å². The Balaban J connectivity index is 2.95. The molecule has 0 saturated heterocycles. The van der Waals surface area contributed by atoms with Crippen LogP contribution in [0, 0.1) is 11.8 Å². The van der Waals surface area contributed by atoms with Gasteiger partial charge in [-0.2, -0.15) is 4.39 Å². The van der Waals surface area contributed by atoms with Crippen LogP contribution in [0.5, 0.6) is 0 Å². The molecule has 0 aliphatic rings. The van der Waals surface area contributed by atoms with Crippen LogP contribution in [0.25, 0.3) is 0 Å². The molecule has 1 N–H and O–H groups in total. The molecule has 0 radical (unpaired) electrons. The molecule has 76 valence electrons. The van der Waals surface area contributed by atoms with Gasteiger partial charge < -0.3 is 5.32 Å². The number of carbonyl (C=O) groups excluding carboxylic acids is 1. The first-order valence-electron chi connectivity index (χ1n) is 4.13. The molecule has 1 rings (SSSR count). The van der Waals surface area contributed by atoms with E-state index >= 15 is 0 Å². The monoisotopic (exact) mass is 200 g/mol. The fraction of sp³-hybridized carbons (Fsp3) is 0.333. The molecule has 1 aromatic rings. The zero-order valence-corrected chi connectivity index (χ0v) is 7.68. The molecular weight excluding hydrogens is 190 g/mol. The van der Waals surface area contributed by atoms with Crippen molar-refractivity contribution in [2.24, 2.45) is 0 Å². The second kappa shape index (κ2) is 4.76. The Labute approximate surface area is 80.2 Å². The van der Waals surface area contributed by atoms with E-state index in [4.69, 9.17) is 0 Å². The van der Waals surface area contributed by atoms with Crippen molar-refractivity contribution in [1.29, 1.82) is 0 Å². The summed E-state index contributed by atoms with van der Waals surface area (Å²) in [5.74, 6) is -1.91. The number of likely N-dealkylation sites (N-methyl/N-ethyl adjacent to an activating group) is 1. The predicted octanol–water partition coefficient (Wildman–Crippen LogP) is 0.934. The second-order valence-corrected chi connectivity index (χ2v) is 2.77. The van der Waals surface area contributed by atoms with E-state index in [1.165, 1.54) is 0 Å². The first kappa shape index (κ1) is 10.7. The van der Waals surface area contributed by atoms with Gasteiger partial charge in [-0.25, -0.2) is 9.37 Å². The van der Waals surface area contributed by atoms with Gasteiger partial charge in [0.2, 0.25) is 5.95 Å². The highest BCUT2D eigenvalue weighted by molar-refractivity contribution is 5.74. The quantitative estimate of drug-likeness (QED) is 0.580. The van der Waals surface area contributed by atoms with Gasteiger partial charge in [0.15, 0.2) is 6.29 Å². The number of nitrogens with zero attached hydrogens (tertiary/aromatic N) is 1. The van der Waals surface area contributed by atoms with Gasteiger partial charge in [0, 0.05) is 18.7 Å². The largest absolute Gasteiger partial charge is 0.319 e. The minimum absolute atomic E-state index is 0.125. The van der Waals surface area contributed by atoms with E-state index < -0.39 is 17.3 Å². The Kier molecular flexibility index (Phi) is 3.64. The van der Waals surface area contributed by atoms with Crippen LogP contribution in [0.4, 0.5) is 8.78 Å². The zero-order valence-electron chi connectivity index (χ0n) is 7.68. The molecule has 0 fully saturated rings. The van der Waals surface area contributed by atoms with Gasteiger partial charge in [0.05, 0.1) is 0 Å². The fourth-order valence-corrected chi connectivity index (χ4v) is 1.03. The SMILES string of the molecule is CNCCc1cc(F)c(C=O)c(F)n1. The minimum Gasteiger partial charge on any atom is -0.319 e. The summed E-state index contributed by atoms with van der Waals surface area (Å²) in [7, 11) is 1.73. The number of aldehydes is 1. The van der Waals surface area contributed by atoms with Crippen molar-refractivity contribution in [3.63, 3.8) is 0 Å². The van der Waals surface area contributed by atoms with Crippen LogP contribution in [0.15, 0.2) is 6.07 Å². The molecule has 0 amide bonds. The molecule has 1 heterocycles. The maximum Gasteiger partial charge on any atom is 0.226 e. The van der Waals surface area contributed by atoms with Crippen molar-refractivity contribution in [2.75, 3.05) is 13.6 Å². The third-order valence-electron chi connectivity index (χ3n) is 1.76. The van der Waals surface area contributed by atoms with E-state index in [0.29, 0.717) is 18.7 Å². The molecule has 1 aromatic heterocycles. The van der Waals surface area contributed by atoms with E-state index in [9.17, 15) is 13.6 Å². The lowest BCUT2D eigenvalue weighted by atomic mass is 10.2. The van der Waals surface area contributed by atoms with Crippen molar-refractivity contribution in [3.05, 3.63) is 29.1 Å². The molecular formula is C9H10F2N2O. The summed E-state index contributed by atoms with van der Waals surface area (Å²) in [6.07, 6.45) is 0.545. The summed E-state index contributed by atoms with van der Waals surface area (Å²) < 4.78 is 25.9. The number of rotatable bonds is 4. The van der Waals surface area contributed by atoms with Gasteiger partial charge >= 0.3 is 0 Å². The normalized spacial score (nSPS) is 10.2. The van der Waals surface area contributed by atoms with Gasteiger partial charge in [-0.05, 0) is 13.1 Å². The van der Waals surface area contributed by atoms with E-state index in [1.807, 2.05) is 0 Å². The van der Waals surface area contributed by atoms with E-state index in [0.717, 1.165) is 6.07 Å². The molecule has 0 aliphatic heterocycles. The molecule has 0 bridgehead atoms. The number of nitrogens with one attached hydrogen (secondary N) is 1. The minimum atomic E-state index is -1.05. The second-order valence-electron chi connectivity index (χ2n) is 2.77. The van der Waals surface area contributed by atoms with Crippen molar-refractivity contribution in [3.8, 4) is 0 Å². The topological polar surface area (TPSA) is 42.0 Å². The maximum atomic E-state index is 13.0. The molecule has 0 saturated carbocycles. The number of carbonyl (C=O) groups is 1. The van der Waals surface area contributed by atoms with Gasteiger partial charge in [-0.1, -0.05) is 0 Å². The summed E-state index contributed by atoms with van der Waals surface area (Å²) in [5.41, 5.74) is -0.321. The average molecular weight is 200 g/mol. The summed E-state index contributed by atoms with van der Waals surface area (Å²) >= 11 is 0. The van der Waals surface area contributed by atoms with Crippen LogP contribution in [0.3, 0.4) is 0 Å². The number of pyridine rings is 1. The van der Waals surface area contributed by atoms with Crippen molar-refractivity contribution >= 4 is 6.29 Å².